The molecule has 0 radical (unpaired) electrons. The van der Waals surface area contributed by atoms with E-state index in [4.69, 9.17) is 9.15 Å². The van der Waals surface area contributed by atoms with Gasteiger partial charge < -0.3 is 24.4 Å². The Bertz CT molecular complexity index is 1750. The number of aromatic nitrogens is 2. The molecule has 0 fully saturated rings. The van der Waals surface area contributed by atoms with E-state index in [9.17, 15) is 19.8 Å². The second-order valence-electron chi connectivity index (χ2n) is 9.06. The number of aromatic hydroxyl groups is 1. The maximum absolute atomic E-state index is 13.8. The van der Waals surface area contributed by atoms with Crippen molar-refractivity contribution in [1.82, 2.24) is 9.97 Å². The van der Waals surface area contributed by atoms with Crippen molar-refractivity contribution in [2.45, 2.75) is 19.9 Å². The maximum atomic E-state index is 13.8. The lowest BCUT2D eigenvalue weighted by Gasteiger charge is -2.25. The molecule has 0 spiro atoms. The highest BCUT2D eigenvalue weighted by molar-refractivity contribution is 6.20. The number of carbonyl (C=O) groups excluding carboxylic acids is 2. The second-order valence-corrected chi connectivity index (χ2v) is 9.06. The van der Waals surface area contributed by atoms with E-state index in [1.165, 1.54) is 11.0 Å². The van der Waals surface area contributed by atoms with E-state index in [0.29, 0.717) is 34.2 Å². The van der Waals surface area contributed by atoms with Gasteiger partial charge in [-0.3, -0.25) is 14.5 Å². The maximum Gasteiger partial charge on any atom is 0.296 e. The van der Waals surface area contributed by atoms with Crippen molar-refractivity contribution in [1.29, 1.82) is 0 Å². The average Bonchev–Trinajstić information content (AvgIpc) is 3.59. The number of imidazole rings is 1. The number of phenols is 1. The number of rotatable bonds is 6. The van der Waals surface area contributed by atoms with Crippen LogP contribution < -0.4 is 9.64 Å². The number of anilines is 1. The van der Waals surface area contributed by atoms with Gasteiger partial charge in [0.25, 0.3) is 5.91 Å². The highest BCUT2D eigenvalue weighted by atomic mass is 16.5. The zero-order chi connectivity index (χ0) is 26.6. The first-order chi connectivity index (χ1) is 18.4. The van der Waals surface area contributed by atoms with Crippen LogP contribution in [0.3, 0.4) is 0 Å². The van der Waals surface area contributed by atoms with Gasteiger partial charge >= 0.3 is 0 Å². The first-order valence-electron chi connectivity index (χ1n) is 12.1. The number of fused-ring (bicyclic) bond motifs is 2. The summed E-state index contributed by atoms with van der Waals surface area (Å²) < 4.78 is 11.3. The number of phenolic OH excluding ortho intramolecular Hbond substituents is 1. The molecule has 3 aromatic carbocycles. The minimum Gasteiger partial charge on any atom is -0.504 e. The monoisotopic (exact) mass is 509 g/mol. The fourth-order valence-corrected chi connectivity index (χ4v) is 4.79. The van der Waals surface area contributed by atoms with Gasteiger partial charge in [-0.15, -0.1) is 0 Å². The Hall–Kier alpha value is -5.05. The molecule has 1 aliphatic heterocycles. The van der Waals surface area contributed by atoms with Gasteiger partial charge in [0.1, 0.15) is 5.58 Å². The topological polar surface area (TPSA) is 129 Å². The van der Waals surface area contributed by atoms with E-state index in [1.54, 1.807) is 43.3 Å². The van der Waals surface area contributed by atoms with Crippen molar-refractivity contribution in [3.8, 4) is 11.5 Å². The molecule has 1 unspecified atom stereocenters. The number of amides is 1. The number of aliphatic hydroxyl groups excluding tert-OH is 1. The zero-order valence-electron chi connectivity index (χ0n) is 20.6. The molecular formula is C29H23N3O6. The molecule has 2 aromatic heterocycles. The summed E-state index contributed by atoms with van der Waals surface area (Å²) in [6.45, 7) is 4.00. The van der Waals surface area contributed by atoms with Crippen LogP contribution in [0.2, 0.25) is 0 Å². The number of aromatic amines is 1. The molecule has 9 heteroatoms. The first-order valence-corrected chi connectivity index (χ1v) is 12.1. The molecule has 0 bridgehead atoms. The summed E-state index contributed by atoms with van der Waals surface area (Å²) in [5.74, 6) is -1.91. The van der Waals surface area contributed by atoms with Crippen LogP contribution in [0.25, 0.3) is 22.0 Å². The Morgan fingerprint density at radius 2 is 1.92 bits per heavy atom. The number of furan rings is 1. The van der Waals surface area contributed by atoms with Crippen LogP contribution in [0, 0.1) is 6.92 Å². The number of hydrogen-bond donors (Lipinski definition) is 3. The predicted molar refractivity (Wildman–Crippen MR) is 141 cm³/mol. The molecule has 0 saturated carbocycles. The van der Waals surface area contributed by atoms with Crippen LogP contribution in [0.1, 0.15) is 34.6 Å². The van der Waals surface area contributed by atoms with Gasteiger partial charge in [-0.05, 0) is 61.4 Å². The molecule has 1 atom stereocenters. The number of nitrogens with one attached hydrogen (secondary N) is 1. The molecule has 0 aliphatic carbocycles. The Morgan fingerprint density at radius 3 is 2.71 bits per heavy atom. The SMILES string of the molecule is CCOc1cc(C2C(C(=O)c3cc4ccccc4o3)=C(O)C(=O)N2c2nc3ccc(C)cc3[nH]2)ccc1O. The van der Waals surface area contributed by atoms with E-state index in [1.807, 2.05) is 31.2 Å². The number of nitrogens with zero attached hydrogens (tertiary/aromatic N) is 2. The van der Waals surface area contributed by atoms with Crippen molar-refractivity contribution < 1.29 is 29.0 Å². The third-order valence-corrected chi connectivity index (χ3v) is 6.55. The number of H-pyrrole nitrogens is 1. The van der Waals surface area contributed by atoms with Crippen molar-refractivity contribution in [2.24, 2.45) is 0 Å². The van der Waals surface area contributed by atoms with Crippen molar-refractivity contribution >= 4 is 39.6 Å². The smallest absolute Gasteiger partial charge is 0.296 e. The standard InChI is InChI=1S/C29H23N3O6/c1-3-37-22-14-17(9-11-20(22)33)25-24(26(34)23-13-16-6-4-5-7-21(16)38-23)27(35)28(36)32(25)29-30-18-10-8-15(2)12-19(18)31-29/h4-14,25,33,35H,3H2,1-2H3,(H,30,31). The van der Waals surface area contributed by atoms with Crippen molar-refractivity contribution in [3.05, 3.63) is 94.9 Å². The van der Waals surface area contributed by atoms with Crippen LogP contribution in [-0.4, -0.2) is 38.5 Å². The van der Waals surface area contributed by atoms with Gasteiger partial charge in [0.05, 0.1) is 29.3 Å². The lowest BCUT2D eigenvalue weighted by atomic mass is 9.94. The van der Waals surface area contributed by atoms with Crippen LogP contribution in [0.15, 0.2) is 82.5 Å². The Morgan fingerprint density at radius 1 is 1.11 bits per heavy atom. The zero-order valence-corrected chi connectivity index (χ0v) is 20.6. The number of hydrogen-bond acceptors (Lipinski definition) is 7. The van der Waals surface area contributed by atoms with Gasteiger partial charge in [0.15, 0.2) is 23.0 Å². The lowest BCUT2D eigenvalue weighted by molar-refractivity contribution is -0.117. The highest BCUT2D eigenvalue weighted by Crippen LogP contribution is 2.43. The summed E-state index contributed by atoms with van der Waals surface area (Å²) >= 11 is 0. The third-order valence-electron chi connectivity index (χ3n) is 6.55. The molecule has 0 saturated heterocycles. The Labute approximate surface area is 216 Å². The summed E-state index contributed by atoms with van der Waals surface area (Å²) in [7, 11) is 0. The molecule has 1 amide bonds. The van der Waals surface area contributed by atoms with Gasteiger partial charge in [-0.25, -0.2) is 4.98 Å². The molecule has 3 N–H and O–H groups in total. The van der Waals surface area contributed by atoms with Crippen LogP contribution in [-0.2, 0) is 4.79 Å². The summed E-state index contributed by atoms with van der Waals surface area (Å²) in [5.41, 5.74) is 3.08. The van der Waals surface area contributed by atoms with Gasteiger partial charge in [-0.1, -0.05) is 30.3 Å². The molecule has 3 heterocycles. The molecule has 9 nitrogen and oxygen atoms in total. The second kappa shape index (κ2) is 8.81. The summed E-state index contributed by atoms with van der Waals surface area (Å²) in [5, 5.41) is 22.1. The van der Waals surface area contributed by atoms with E-state index in [-0.39, 0.29) is 28.8 Å². The fourth-order valence-electron chi connectivity index (χ4n) is 4.79. The van der Waals surface area contributed by atoms with Crippen LogP contribution in [0.5, 0.6) is 11.5 Å². The van der Waals surface area contributed by atoms with Crippen LogP contribution in [0.4, 0.5) is 5.95 Å². The van der Waals surface area contributed by atoms with Gasteiger partial charge in [0.2, 0.25) is 11.7 Å². The lowest BCUT2D eigenvalue weighted by Crippen LogP contribution is -2.32. The van der Waals surface area contributed by atoms with E-state index < -0.39 is 23.5 Å². The van der Waals surface area contributed by atoms with Gasteiger partial charge in [-0.2, -0.15) is 0 Å². The molecule has 5 aromatic rings. The van der Waals surface area contributed by atoms with Gasteiger partial charge in [0, 0.05) is 5.39 Å². The number of ketones is 1. The average molecular weight is 510 g/mol. The summed E-state index contributed by atoms with van der Waals surface area (Å²) in [4.78, 5) is 36.3. The summed E-state index contributed by atoms with van der Waals surface area (Å²) in [6, 6.07) is 17.8. The van der Waals surface area contributed by atoms with E-state index in [2.05, 4.69) is 9.97 Å². The Kier molecular flexibility index (Phi) is 5.41. The van der Waals surface area contributed by atoms with Crippen molar-refractivity contribution in [2.75, 3.05) is 11.5 Å². The first kappa shape index (κ1) is 23.4. The quantitative estimate of drug-likeness (QED) is 0.258. The molecule has 38 heavy (non-hydrogen) atoms. The summed E-state index contributed by atoms with van der Waals surface area (Å²) in [6.07, 6.45) is 0. The number of Topliss-reactive ketones (excluding diaryl/α,β-unsaturated/α-hetero) is 1. The predicted octanol–water partition coefficient (Wildman–Crippen LogP) is 5.50. The largest absolute Gasteiger partial charge is 0.504 e. The number of aryl methyl sites for hydroxylation is 1. The molecular weight excluding hydrogens is 486 g/mol. The third kappa shape index (κ3) is 3.67. The highest BCUT2D eigenvalue weighted by Gasteiger charge is 2.47. The number of benzene rings is 3. The molecule has 6 rings (SSSR count). The minimum atomic E-state index is -1.08. The molecule has 1 aliphatic rings. The minimum absolute atomic E-state index is 0.0172. The Balaban J connectivity index is 1.53. The number of aliphatic hydroxyl groups is 1. The fraction of sp³-hybridized carbons (Fsp3) is 0.138. The van der Waals surface area contributed by atoms with Crippen LogP contribution >= 0.6 is 0 Å². The van der Waals surface area contributed by atoms with E-state index in [0.717, 1.165) is 5.56 Å². The number of carbonyl (C=O) groups is 2. The van der Waals surface area contributed by atoms with Crippen molar-refractivity contribution in [3.63, 3.8) is 0 Å². The van der Waals surface area contributed by atoms with E-state index >= 15 is 0 Å². The molecule has 190 valence electrons. The number of ether oxygens (including phenoxy) is 1. The number of para-hydroxylation sites is 1. The normalized spacial score (nSPS) is 15.7.